The fraction of sp³-hybridized carbons (Fsp3) is 0.143. The van der Waals surface area contributed by atoms with Crippen molar-refractivity contribution in [2.75, 3.05) is 7.11 Å². The lowest BCUT2D eigenvalue weighted by molar-refractivity contribution is 0.414. The molecule has 6 heteroatoms. The Morgan fingerprint density at radius 2 is 1.79 bits per heavy atom. The SMILES string of the molecule is COc1ccccc1/C=c1\sc2n(c1=O)C(c1ccc(Br)cc1)C1=C(N=2)c2ccccc2CC1. The third-order valence-corrected chi connectivity index (χ3v) is 8.00. The Hall–Kier alpha value is -3.22. The van der Waals surface area contributed by atoms with E-state index in [1.165, 1.54) is 28.0 Å². The summed E-state index contributed by atoms with van der Waals surface area (Å²) in [5.41, 5.74) is 6.66. The summed E-state index contributed by atoms with van der Waals surface area (Å²) in [5, 5.41) is 0. The number of fused-ring (bicyclic) bond motifs is 3. The molecule has 0 radical (unpaired) electrons. The van der Waals surface area contributed by atoms with E-state index >= 15 is 0 Å². The smallest absolute Gasteiger partial charge is 0.271 e. The van der Waals surface area contributed by atoms with Crippen LogP contribution in [0.3, 0.4) is 0 Å². The number of methoxy groups -OCH3 is 1. The predicted octanol–water partition coefficient (Wildman–Crippen LogP) is 5.09. The van der Waals surface area contributed by atoms with Crippen LogP contribution in [0.2, 0.25) is 0 Å². The van der Waals surface area contributed by atoms with Crippen molar-refractivity contribution in [1.82, 2.24) is 4.57 Å². The topological polar surface area (TPSA) is 43.6 Å². The highest BCUT2D eigenvalue weighted by atomic mass is 79.9. The number of hydrogen-bond acceptors (Lipinski definition) is 4. The minimum atomic E-state index is -0.174. The van der Waals surface area contributed by atoms with E-state index in [0.717, 1.165) is 44.7 Å². The lowest BCUT2D eigenvalue weighted by atomic mass is 9.83. The largest absolute Gasteiger partial charge is 0.496 e. The zero-order valence-electron chi connectivity index (χ0n) is 18.5. The summed E-state index contributed by atoms with van der Waals surface area (Å²) in [7, 11) is 1.65. The molecule has 1 unspecified atom stereocenters. The molecule has 4 nitrogen and oxygen atoms in total. The molecule has 3 aromatic carbocycles. The number of hydrogen-bond donors (Lipinski definition) is 0. The number of benzene rings is 3. The van der Waals surface area contributed by atoms with Gasteiger partial charge in [-0.05, 0) is 53.8 Å². The highest BCUT2D eigenvalue weighted by molar-refractivity contribution is 9.10. The van der Waals surface area contributed by atoms with Gasteiger partial charge in [0.25, 0.3) is 5.56 Å². The summed E-state index contributed by atoms with van der Waals surface area (Å²) < 4.78 is 9.05. The van der Waals surface area contributed by atoms with E-state index in [2.05, 4.69) is 52.3 Å². The molecule has 0 saturated heterocycles. The van der Waals surface area contributed by atoms with Crippen molar-refractivity contribution >= 4 is 39.0 Å². The summed E-state index contributed by atoms with van der Waals surface area (Å²) >= 11 is 4.98. The van der Waals surface area contributed by atoms with E-state index in [4.69, 9.17) is 9.73 Å². The van der Waals surface area contributed by atoms with Crippen molar-refractivity contribution in [1.29, 1.82) is 0 Å². The first-order valence-electron chi connectivity index (χ1n) is 11.2. The number of nitrogens with zero attached hydrogens (tertiary/aromatic N) is 2. The molecule has 0 spiro atoms. The van der Waals surface area contributed by atoms with Crippen LogP contribution in [0.25, 0.3) is 11.8 Å². The first-order chi connectivity index (χ1) is 16.6. The van der Waals surface area contributed by atoms with E-state index in [0.29, 0.717) is 4.53 Å². The maximum Gasteiger partial charge on any atom is 0.271 e. The van der Waals surface area contributed by atoms with Gasteiger partial charge in [0.15, 0.2) is 4.80 Å². The van der Waals surface area contributed by atoms with Crippen LogP contribution in [0.15, 0.2) is 92.6 Å². The first kappa shape index (κ1) is 21.3. The molecule has 1 aliphatic heterocycles. The van der Waals surface area contributed by atoms with Crippen LogP contribution in [0.4, 0.5) is 0 Å². The summed E-state index contributed by atoms with van der Waals surface area (Å²) in [6.07, 6.45) is 3.74. The van der Waals surface area contributed by atoms with Gasteiger partial charge in [-0.25, -0.2) is 4.99 Å². The number of aromatic nitrogens is 1. The van der Waals surface area contributed by atoms with Crippen LogP contribution in [-0.4, -0.2) is 11.7 Å². The molecule has 168 valence electrons. The number of para-hydroxylation sites is 1. The zero-order chi connectivity index (χ0) is 23.2. The van der Waals surface area contributed by atoms with Crippen LogP contribution < -0.4 is 19.6 Å². The molecular weight excluding hydrogens is 508 g/mol. The molecule has 0 bridgehead atoms. The van der Waals surface area contributed by atoms with Crippen molar-refractivity contribution in [3.8, 4) is 5.75 Å². The Balaban J connectivity index is 1.63. The molecule has 1 aromatic heterocycles. The molecule has 0 fully saturated rings. The molecule has 2 heterocycles. The van der Waals surface area contributed by atoms with Gasteiger partial charge in [-0.15, -0.1) is 0 Å². The van der Waals surface area contributed by atoms with Crippen molar-refractivity contribution < 1.29 is 4.74 Å². The van der Waals surface area contributed by atoms with Crippen LogP contribution in [0, 0.1) is 0 Å². The average Bonchev–Trinajstić information content (AvgIpc) is 3.18. The van der Waals surface area contributed by atoms with Gasteiger partial charge >= 0.3 is 0 Å². The molecule has 1 aliphatic carbocycles. The highest BCUT2D eigenvalue weighted by Crippen LogP contribution is 2.41. The fourth-order valence-corrected chi connectivity index (χ4v) is 6.15. The predicted molar refractivity (Wildman–Crippen MR) is 140 cm³/mol. The number of ether oxygens (including phenoxy) is 1. The summed E-state index contributed by atoms with van der Waals surface area (Å²) in [6.45, 7) is 0. The normalized spacial score (nSPS) is 17.0. The number of rotatable bonds is 3. The van der Waals surface area contributed by atoms with Crippen molar-refractivity contribution in [2.24, 2.45) is 4.99 Å². The molecular formula is C28H21BrN2O2S. The lowest BCUT2D eigenvalue weighted by Gasteiger charge is -2.30. The number of halogens is 1. The Bertz CT molecular complexity index is 1630. The van der Waals surface area contributed by atoms with E-state index in [1.807, 2.05) is 47.0 Å². The number of thiazole rings is 1. The van der Waals surface area contributed by atoms with E-state index < -0.39 is 0 Å². The molecule has 2 aliphatic rings. The molecule has 6 rings (SSSR count). The maximum absolute atomic E-state index is 13.8. The Labute approximate surface area is 209 Å². The van der Waals surface area contributed by atoms with Crippen molar-refractivity contribution in [3.63, 3.8) is 0 Å². The second-order valence-electron chi connectivity index (χ2n) is 8.41. The quantitative estimate of drug-likeness (QED) is 0.371. The second-order valence-corrected chi connectivity index (χ2v) is 10.3. The highest BCUT2D eigenvalue weighted by Gasteiger charge is 2.32. The van der Waals surface area contributed by atoms with Gasteiger partial charge in [-0.1, -0.05) is 81.9 Å². The molecule has 1 atom stereocenters. The fourth-order valence-electron chi connectivity index (χ4n) is 4.89. The van der Waals surface area contributed by atoms with Crippen LogP contribution in [0.5, 0.6) is 5.75 Å². The third-order valence-electron chi connectivity index (χ3n) is 6.48. The first-order valence-corrected chi connectivity index (χ1v) is 12.8. The Morgan fingerprint density at radius 1 is 1.03 bits per heavy atom. The molecule has 34 heavy (non-hydrogen) atoms. The minimum Gasteiger partial charge on any atom is -0.496 e. The Morgan fingerprint density at radius 3 is 2.62 bits per heavy atom. The third kappa shape index (κ3) is 3.49. The van der Waals surface area contributed by atoms with Crippen molar-refractivity contribution in [3.05, 3.63) is 125 Å². The van der Waals surface area contributed by atoms with Crippen LogP contribution in [-0.2, 0) is 6.42 Å². The molecule has 4 aromatic rings. The summed E-state index contributed by atoms with van der Waals surface area (Å²) in [6, 6.07) is 24.3. The monoisotopic (exact) mass is 528 g/mol. The average molecular weight is 529 g/mol. The lowest BCUT2D eigenvalue weighted by Crippen LogP contribution is -2.38. The number of aryl methyl sites for hydroxylation is 1. The van der Waals surface area contributed by atoms with E-state index in [-0.39, 0.29) is 11.6 Å². The summed E-state index contributed by atoms with van der Waals surface area (Å²) in [5.74, 6) is 0.742. The van der Waals surface area contributed by atoms with Gasteiger partial charge in [0, 0.05) is 15.6 Å². The maximum atomic E-state index is 13.8. The zero-order valence-corrected chi connectivity index (χ0v) is 20.9. The van der Waals surface area contributed by atoms with Gasteiger partial charge in [-0.2, -0.15) is 0 Å². The van der Waals surface area contributed by atoms with Gasteiger partial charge in [0.2, 0.25) is 0 Å². The van der Waals surface area contributed by atoms with Gasteiger partial charge < -0.3 is 4.74 Å². The Kier molecular flexibility index (Phi) is 5.35. The van der Waals surface area contributed by atoms with Gasteiger partial charge in [0.1, 0.15) is 5.75 Å². The van der Waals surface area contributed by atoms with E-state index in [9.17, 15) is 4.79 Å². The minimum absolute atomic E-state index is 0.0204. The van der Waals surface area contributed by atoms with Crippen LogP contribution >= 0.6 is 27.3 Å². The summed E-state index contributed by atoms with van der Waals surface area (Å²) in [4.78, 5) is 19.6. The second kappa shape index (κ2) is 8.53. The van der Waals surface area contributed by atoms with E-state index in [1.54, 1.807) is 7.11 Å². The molecule has 0 N–H and O–H groups in total. The van der Waals surface area contributed by atoms with Gasteiger partial charge in [-0.3, -0.25) is 9.36 Å². The number of allylic oxidation sites excluding steroid dienone is 1. The van der Waals surface area contributed by atoms with Gasteiger partial charge in [0.05, 0.1) is 23.4 Å². The standard InChI is InChI=1S/C28H21BrN2O2S/c1-33-23-9-5-3-7-19(23)16-24-27(32)31-26(18-10-13-20(29)14-11-18)22-15-12-17-6-2-4-8-21(17)25(22)30-28(31)34-24/h2-11,13-14,16,26H,12,15H2,1H3/b24-16-. The molecule has 0 saturated carbocycles. The van der Waals surface area contributed by atoms with Crippen LogP contribution in [0.1, 0.15) is 34.7 Å². The molecule has 0 amide bonds. The van der Waals surface area contributed by atoms with Crippen molar-refractivity contribution in [2.45, 2.75) is 18.9 Å².